The summed E-state index contributed by atoms with van der Waals surface area (Å²) in [4.78, 5) is 8.63. The Kier molecular flexibility index (Phi) is 2.93. The first-order valence-electron chi connectivity index (χ1n) is 7.98. The van der Waals surface area contributed by atoms with Gasteiger partial charge in [-0.15, -0.1) is 11.3 Å². The van der Waals surface area contributed by atoms with Crippen LogP contribution in [0.2, 0.25) is 0 Å². The second-order valence-electron chi connectivity index (χ2n) is 7.30. The molecule has 0 atom stereocenters. The summed E-state index contributed by atoms with van der Waals surface area (Å²) in [5.74, 6) is 1.26. The van der Waals surface area contributed by atoms with E-state index in [9.17, 15) is 0 Å². The number of nitrogens with two attached hydrogens (primary N) is 1. The third kappa shape index (κ3) is 2.11. The van der Waals surface area contributed by atoms with E-state index in [-0.39, 0.29) is 0 Å². The average Bonchev–Trinajstić information content (AvgIpc) is 3.06. The first kappa shape index (κ1) is 13.4. The van der Waals surface area contributed by atoms with Crippen LogP contribution in [0, 0.1) is 5.41 Å². The molecule has 2 aromatic heterocycles. The number of fused-ring (bicyclic) bond motifs is 3. The molecule has 0 spiro atoms. The standard InChI is InChI=1S/C17H23N3S/c1-17(2)6-5-11-12(9-17)14-13(18)10-21-16(14)19-15(11)20-7-3-4-8-20/h10H,3-9,18H2,1-2H3. The van der Waals surface area contributed by atoms with Crippen molar-refractivity contribution in [1.29, 1.82) is 0 Å². The maximum absolute atomic E-state index is 6.25. The number of nitrogen functional groups attached to an aromatic ring is 1. The first-order valence-corrected chi connectivity index (χ1v) is 8.86. The molecule has 0 bridgehead atoms. The summed E-state index contributed by atoms with van der Waals surface area (Å²) >= 11 is 1.70. The van der Waals surface area contributed by atoms with Crippen LogP contribution >= 0.6 is 11.3 Å². The molecule has 1 saturated heterocycles. The Balaban J connectivity index is 1.96. The number of nitrogens with zero attached hydrogens (tertiary/aromatic N) is 2. The van der Waals surface area contributed by atoms with Crippen LogP contribution in [-0.4, -0.2) is 18.1 Å². The zero-order valence-corrected chi connectivity index (χ0v) is 13.7. The van der Waals surface area contributed by atoms with Crippen molar-refractivity contribution in [3.05, 3.63) is 16.5 Å². The van der Waals surface area contributed by atoms with Crippen LogP contribution in [0.4, 0.5) is 11.5 Å². The molecule has 112 valence electrons. The van der Waals surface area contributed by atoms with E-state index in [4.69, 9.17) is 10.7 Å². The lowest BCUT2D eigenvalue weighted by atomic mass is 9.73. The molecular weight excluding hydrogens is 278 g/mol. The van der Waals surface area contributed by atoms with Crippen LogP contribution in [0.5, 0.6) is 0 Å². The van der Waals surface area contributed by atoms with Crippen LogP contribution in [0.1, 0.15) is 44.2 Å². The minimum Gasteiger partial charge on any atom is -0.397 e. The van der Waals surface area contributed by atoms with Crippen molar-refractivity contribution in [3.8, 4) is 0 Å². The number of rotatable bonds is 1. The molecule has 0 saturated carbocycles. The third-order valence-electron chi connectivity index (χ3n) is 5.06. The van der Waals surface area contributed by atoms with Crippen LogP contribution in [-0.2, 0) is 12.8 Å². The maximum atomic E-state index is 6.25. The normalized spacial score (nSPS) is 21.0. The molecule has 0 unspecified atom stereocenters. The number of hydrogen-bond donors (Lipinski definition) is 1. The summed E-state index contributed by atoms with van der Waals surface area (Å²) in [5, 5.41) is 3.30. The Bertz CT molecular complexity index is 696. The highest BCUT2D eigenvalue weighted by atomic mass is 32.1. The predicted molar refractivity (Wildman–Crippen MR) is 91.3 cm³/mol. The van der Waals surface area contributed by atoms with Gasteiger partial charge < -0.3 is 10.6 Å². The van der Waals surface area contributed by atoms with Gasteiger partial charge in [-0.05, 0) is 48.6 Å². The number of hydrogen-bond acceptors (Lipinski definition) is 4. The first-order chi connectivity index (χ1) is 10.1. The SMILES string of the molecule is CC1(C)CCc2c(N3CCCC3)nc3scc(N)c3c2C1. The molecule has 1 aliphatic carbocycles. The Labute approximate surface area is 130 Å². The van der Waals surface area contributed by atoms with Gasteiger partial charge in [-0.2, -0.15) is 0 Å². The minimum absolute atomic E-state index is 0.373. The summed E-state index contributed by atoms with van der Waals surface area (Å²) < 4.78 is 0. The molecule has 4 rings (SSSR count). The van der Waals surface area contributed by atoms with E-state index in [0.29, 0.717) is 5.41 Å². The fraction of sp³-hybridized carbons (Fsp3) is 0.588. The molecular formula is C17H23N3S. The lowest BCUT2D eigenvalue weighted by molar-refractivity contribution is 0.316. The van der Waals surface area contributed by atoms with Crippen LogP contribution in [0.25, 0.3) is 10.2 Å². The van der Waals surface area contributed by atoms with Gasteiger partial charge in [0.15, 0.2) is 0 Å². The fourth-order valence-corrected chi connectivity index (χ4v) is 4.73. The van der Waals surface area contributed by atoms with Gasteiger partial charge in [-0.3, -0.25) is 0 Å². The van der Waals surface area contributed by atoms with Crippen molar-refractivity contribution in [2.75, 3.05) is 23.7 Å². The molecule has 1 fully saturated rings. The summed E-state index contributed by atoms with van der Waals surface area (Å²) in [6, 6.07) is 0. The Morgan fingerprint density at radius 1 is 1.24 bits per heavy atom. The number of pyridine rings is 1. The quantitative estimate of drug-likeness (QED) is 0.866. The molecule has 0 aromatic carbocycles. The zero-order valence-electron chi connectivity index (χ0n) is 12.9. The Morgan fingerprint density at radius 2 is 2.00 bits per heavy atom. The van der Waals surface area contributed by atoms with Gasteiger partial charge in [0.25, 0.3) is 0 Å². The van der Waals surface area contributed by atoms with Gasteiger partial charge in [0, 0.05) is 23.9 Å². The van der Waals surface area contributed by atoms with Crippen LogP contribution < -0.4 is 10.6 Å². The predicted octanol–water partition coefficient (Wildman–Crippen LogP) is 3.99. The molecule has 2 aromatic rings. The monoisotopic (exact) mass is 301 g/mol. The summed E-state index contributed by atoms with van der Waals surface area (Å²) in [5.41, 5.74) is 10.5. The van der Waals surface area contributed by atoms with Crippen LogP contribution in [0.15, 0.2) is 5.38 Å². The maximum Gasteiger partial charge on any atom is 0.133 e. The molecule has 1 aliphatic heterocycles. The van der Waals surface area contributed by atoms with Crippen molar-refractivity contribution >= 4 is 33.1 Å². The minimum atomic E-state index is 0.373. The highest BCUT2D eigenvalue weighted by molar-refractivity contribution is 7.17. The molecule has 21 heavy (non-hydrogen) atoms. The van der Waals surface area contributed by atoms with Gasteiger partial charge in [0.05, 0.1) is 5.69 Å². The highest BCUT2D eigenvalue weighted by Gasteiger charge is 2.31. The summed E-state index contributed by atoms with van der Waals surface area (Å²) in [6.45, 7) is 7.07. The number of thiophene rings is 1. The zero-order chi connectivity index (χ0) is 14.6. The molecule has 3 nitrogen and oxygen atoms in total. The highest BCUT2D eigenvalue weighted by Crippen LogP contribution is 2.44. The van der Waals surface area contributed by atoms with Gasteiger partial charge in [-0.1, -0.05) is 13.8 Å². The van der Waals surface area contributed by atoms with Crippen molar-refractivity contribution in [2.45, 2.75) is 46.0 Å². The lowest BCUT2D eigenvalue weighted by Gasteiger charge is -2.34. The molecule has 3 heterocycles. The largest absolute Gasteiger partial charge is 0.397 e. The smallest absolute Gasteiger partial charge is 0.133 e. The second-order valence-corrected chi connectivity index (χ2v) is 8.16. The molecule has 4 heteroatoms. The topological polar surface area (TPSA) is 42.2 Å². The van der Waals surface area contributed by atoms with Crippen molar-refractivity contribution in [3.63, 3.8) is 0 Å². The molecule has 2 aliphatic rings. The van der Waals surface area contributed by atoms with Crippen molar-refractivity contribution in [2.24, 2.45) is 5.41 Å². The van der Waals surface area contributed by atoms with E-state index in [2.05, 4.69) is 24.1 Å². The van der Waals surface area contributed by atoms with Crippen molar-refractivity contribution in [1.82, 2.24) is 4.98 Å². The summed E-state index contributed by atoms with van der Waals surface area (Å²) in [7, 11) is 0. The van der Waals surface area contributed by atoms with E-state index in [0.717, 1.165) is 36.4 Å². The fourth-order valence-electron chi connectivity index (χ4n) is 3.87. The van der Waals surface area contributed by atoms with Gasteiger partial charge in [0.2, 0.25) is 0 Å². The number of aromatic nitrogens is 1. The number of anilines is 2. The molecule has 0 radical (unpaired) electrons. The van der Waals surface area contributed by atoms with E-state index >= 15 is 0 Å². The van der Waals surface area contributed by atoms with E-state index in [1.165, 1.54) is 41.6 Å². The second kappa shape index (κ2) is 4.60. The molecule has 2 N–H and O–H groups in total. The van der Waals surface area contributed by atoms with E-state index < -0.39 is 0 Å². The van der Waals surface area contributed by atoms with Crippen LogP contribution in [0.3, 0.4) is 0 Å². The van der Waals surface area contributed by atoms with Gasteiger partial charge in [-0.25, -0.2) is 4.98 Å². The van der Waals surface area contributed by atoms with Gasteiger partial charge >= 0.3 is 0 Å². The van der Waals surface area contributed by atoms with Crippen molar-refractivity contribution < 1.29 is 0 Å². The summed E-state index contributed by atoms with van der Waals surface area (Å²) in [6.07, 6.45) is 6.12. The van der Waals surface area contributed by atoms with E-state index in [1.54, 1.807) is 11.3 Å². The Hall–Kier alpha value is -1.29. The third-order valence-corrected chi connectivity index (χ3v) is 5.95. The average molecular weight is 301 g/mol. The van der Waals surface area contributed by atoms with E-state index in [1.807, 2.05) is 0 Å². The Morgan fingerprint density at radius 3 is 2.76 bits per heavy atom. The lowest BCUT2D eigenvalue weighted by Crippen LogP contribution is -2.27. The molecule has 0 amide bonds. The van der Waals surface area contributed by atoms with Gasteiger partial charge in [0.1, 0.15) is 10.6 Å².